The minimum Gasteiger partial charge on any atom is -0.354 e. The van der Waals surface area contributed by atoms with Crippen molar-refractivity contribution < 1.29 is 4.79 Å². The van der Waals surface area contributed by atoms with Crippen molar-refractivity contribution in [1.29, 1.82) is 0 Å². The second-order valence-electron chi connectivity index (χ2n) is 8.63. The average molecular weight is 424 g/mol. The van der Waals surface area contributed by atoms with E-state index in [-0.39, 0.29) is 6.03 Å². The summed E-state index contributed by atoms with van der Waals surface area (Å²) < 4.78 is 0. The number of nitrogens with zero attached hydrogens (tertiary/aromatic N) is 6. The molecule has 1 aromatic heterocycles. The van der Waals surface area contributed by atoms with Gasteiger partial charge in [-0.3, -0.25) is 0 Å². The van der Waals surface area contributed by atoms with Crippen LogP contribution >= 0.6 is 0 Å². The van der Waals surface area contributed by atoms with Gasteiger partial charge >= 0.3 is 6.03 Å². The summed E-state index contributed by atoms with van der Waals surface area (Å²) in [5.74, 6) is 2.75. The molecule has 166 valence electrons. The van der Waals surface area contributed by atoms with Gasteiger partial charge in [0.25, 0.3) is 0 Å². The van der Waals surface area contributed by atoms with Crippen molar-refractivity contribution in [2.45, 2.75) is 20.8 Å². The fourth-order valence-electron chi connectivity index (χ4n) is 4.06. The first-order chi connectivity index (χ1) is 14.9. The van der Waals surface area contributed by atoms with Gasteiger partial charge in [0, 0.05) is 64.1 Å². The summed E-state index contributed by atoms with van der Waals surface area (Å²) in [6.07, 6.45) is 0. The molecule has 0 radical (unpaired) electrons. The van der Waals surface area contributed by atoms with Crippen LogP contribution in [-0.2, 0) is 0 Å². The van der Waals surface area contributed by atoms with E-state index in [0.717, 1.165) is 62.4 Å². The van der Waals surface area contributed by atoms with Gasteiger partial charge in [-0.25, -0.2) is 14.8 Å². The van der Waals surface area contributed by atoms with E-state index >= 15 is 0 Å². The van der Waals surface area contributed by atoms with Crippen molar-refractivity contribution in [3.63, 3.8) is 0 Å². The molecule has 0 atom stereocenters. The van der Waals surface area contributed by atoms with Crippen molar-refractivity contribution in [3.8, 4) is 0 Å². The van der Waals surface area contributed by atoms with Gasteiger partial charge in [-0.1, -0.05) is 6.07 Å². The van der Waals surface area contributed by atoms with Gasteiger partial charge in [0.15, 0.2) is 0 Å². The van der Waals surface area contributed by atoms with Crippen LogP contribution in [0.4, 0.5) is 22.1 Å². The minimum atomic E-state index is -0.0418. The van der Waals surface area contributed by atoms with Gasteiger partial charge in [0.2, 0.25) is 0 Å². The number of hydrogen-bond acceptors (Lipinski definition) is 6. The van der Waals surface area contributed by atoms with Gasteiger partial charge in [-0.05, 0) is 51.1 Å². The molecule has 2 aromatic rings. The molecule has 2 aliphatic rings. The number of carbonyl (C=O) groups is 1. The third kappa shape index (κ3) is 5.07. The van der Waals surface area contributed by atoms with E-state index in [1.54, 1.807) is 0 Å². The molecule has 8 nitrogen and oxygen atoms in total. The molecular formula is C23H33N7O. The molecular weight excluding hydrogens is 390 g/mol. The monoisotopic (exact) mass is 423 g/mol. The summed E-state index contributed by atoms with van der Waals surface area (Å²) in [7, 11) is 2.16. The maximum Gasteiger partial charge on any atom is 0.321 e. The van der Waals surface area contributed by atoms with Gasteiger partial charge in [0.05, 0.1) is 0 Å². The van der Waals surface area contributed by atoms with Crippen LogP contribution in [0.1, 0.15) is 17.0 Å². The van der Waals surface area contributed by atoms with Gasteiger partial charge in [-0.15, -0.1) is 0 Å². The zero-order chi connectivity index (χ0) is 22.0. The van der Waals surface area contributed by atoms with Crippen LogP contribution in [0.15, 0.2) is 24.3 Å². The molecule has 2 saturated heterocycles. The molecule has 0 saturated carbocycles. The minimum absolute atomic E-state index is 0.0418. The fourth-order valence-corrected chi connectivity index (χ4v) is 4.06. The summed E-state index contributed by atoms with van der Waals surface area (Å²) in [6.45, 7) is 13.0. The Morgan fingerprint density at radius 3 is 1.97 bits per heavy atom. The fraction of sp³-hybridized carbons (Fsp3) is 0.522. The van der Waals surface area contributed by atoms with E-state index in [9.17, 15) is 4.79 Å². The van der Waals surface area contributed by atoms with Crippen LogP contribution in [0, 0.1) is 20.8 Å². The van der Waals surface area contributed by atoms with Crippen molar-refractivity contribution >= 4 is 23.4 Å². The van der Waals surface area contributed by atoms with E-state index in [1.807, 2.05) is 30.0 Å². The summed E-state index contributed by atoms with van der Waals surface area (Å²) in [5, 5.41) is 3.03. The topological polar surface area (TPSA) is 67.8 Å². The zero-order valence-electron chi connectivity index (χ0n) is 19.1. The summed E-state index contributed by atoms with van der Waals surface area (Å²) in [4.78, 5) is 30.9. The highest BCUT2D eigenvalue weighted by molar-refractivity contribution is 5.89. The van der Waals surface area contributed by atoms with Crippen molar-refractivity contribution in [1.82, 2.24) is 19.8 Å². The summed E-state index contributed by atoms with van der Waals surface area (Å²) in [5.41, 5.74) is 3.25. The Morgan fingerprint density at radius 2 is 1.39 bits per heavy atom. The van der Waals surface area contributed by atoms with Crippen molar-refractivity contribution in [2.75, 3.05) is 74.5 Å². The first kappa shape index (κ1) is 21.4. The normalized spacial score (nSPS) is 17.7. The zero-order valence-corrected chi connectivity index (χ0v) is 19.1. The molecule has 0 unspecified atom stereocenters. The molecule has 31 heavy (non-hydrogen) atoms. The maximum absolute atomic E-state index is 12.7. The Kier molecular flexibility index (Phi) is 6.27. The first-order valence-electron chi connectivity index (χ1n) is 11.1. The Bertz CT molecular complexity index is 932. The predicted molar refractivity (Wildman–Crippen MR) is 125 cm³/mol. The number of anilines is 3. The third-order valence-corrected chi connectivity index (χ3v) is 6.29. The molecule has 0 aliphatic carbocycles. The third-order valence-electron chi connectivity index (χ3n) is 6.29. The van der Waals surface area contributed by atoms with Crippen LogP contribution in [0.3, 0.4) is 0 Å². The number of rotatable bonds is 3. The number of benzene rings is 1. The van der Waals surface area contributed by atoms with E-state index < -0.39 is 0 Å². The van der Waals surface area contributed by atoms with Gasteiger partial charge < -0.3 is 24.9 Å². The highest BCUT2D eigenvalue weighted by Crippen LogP contribution is 2.22. The summed E-state index contributed by atoms with van der Waals surface area (Å²) in [6, 6.07) is 8.08. The lowest BCUT2D eigenvalue weighted by Crippen LogP contribution is -2.50. The lowest BCUT2D eigenvalue weighted by molar-refractivity contribution is 0.208. The molecule has 1 aromatic carbocycles. The Morgan fingerprint density at radius 1 is 0.806 bits per heavy atom. The van der Waals surface area contributed by atoms with Crippen LogP contribution in [0.5, 0.6) is 0 Å². The quantitative estimate of drug-likeness (QED) is 0.818. The van der Waals surface area contributed by atoms with Crippen LogP contribution in [0.2, 0.25) is 0 Å². The maximum atomic E-state index is 12.7. The Balaban J connectivity index is 1.37. The first-order valence-corrected chi connectivity index (χ1v) is 11.1. The number of carbonyl (C=O) groups excluding carboxylic acids is 1. The molecule has 4 rings (SSSR count). The smallest absolute Gasteiger partial charge is 0.321 e. The lowest BCUT2D eigenvalue weighted by atomic mass is 10.1. The second kappa shape index (κ2) is 9.09. The molecule has 2 fully saturated rings. The van der Waals surface area contributed by atoms with Crippen LogP contribution in [0.25, 0.3) is 0 Å². The number of aryl methyl sites for hydroxylation is 3. The SMILES string of the molecule is Cc1nc(N2CCN(C)CC2)cc(N2CCN(C(=O)Nc3ccc(C)c(C)c3)CC2)n1. The molecule has 3 heterocycles. The molecule has 0 spiro atoms. The van der Waals surface area contributed by atoms with Crippen molar-refractivity contribution in [2.24, 2.45) is 0 Å². The standard InChI is InChI=1S/C23H33N7O/c1-17-5-6-20(15-18(17)2)26-23(31)30-13-11-29(12-14-30)22-16-21(24-19(3)25-22)28-9-7-27(4)8-10-28/h5-6,15-16H,7-14H2,1-4H3,(H,26,31). The largest absolute Gasteiger partial charge is 0.354 e. The predicted octanol–water partition coefficient (Wildman–Crippen LogP) is 2.51. The van der Waals surface area contributed by atoms with Crippen molar-refractivity contribution in [3.05, 3.63) is 41.2 Å². The lowest BCUT2D eigenvalue weighted by Gasteiger charge is -2.36. The number of aromatic nitrogens is 2. The van der Waals surface area contributed by atoms with Crippen LogP contribution < -0.4 is 15.1 Å². The van der Waals surface area contributed by atoms with E-state index in [4.69, 9.17) is 0 Å². The highest BCUT2D eigenvalue weighted by atomic mass is 16.2. The molecule has 8 heteroatoms. The number of hydrogen-bond donors (Lipinski definition) is 1. The number of urea groups is 1. The van der Waals surface area contributed by atoms with Gasteiger partial charge in [-0.2, -0.15) is 0 Å². The number of piperazine rings is 2. The Hall–Kier alpha value is -2.87. The molecule has 2 aliphatic heterocycles. The highest BCUT2D eigenvalue weighted by Gasteiger charge is 2.24. The molecule has 2 amide bonds. The summed E-state index contributed by atoms with van der Waals surface area (Å²) >= 11 is 0. The number of likely N-dealkylation sites (N-methyl/N-ethyl adjacent to an activating group) is 1. The van der Waals surface area contributed by atoms with E-state index in [0.29, 0.717) is 13.1 Å². The average Bonchev–Trinajstić information content (AvgIpc) is 2.76. The van der Waals surface area contributed by atoms with Gasteiger partial charge in [0.1, 0.15) is 17.5 Å². The molecule has 0 bridgehead atoms. The Labute approximate surface area is 184 Å². The molecule has 1 N–H and O–H groups in total. The van der Waals surface area contributed by atoms with E-state index in [2.05, 4.69) is 56.9 Å². The van der Waals surface area contributed by atoms with E-state index in [1.165, 1.54) is 11.1 Å². The van der Waals surface area contributed by atoms with Crippen LogP contribution in [-0.4, -0.2) is 85.2 Å². The number of nitrogens with one attached hydrogen (secondary N) is 1. The second-order valence-corrected chi connectivity index (χ2v) is 8.63. The number of amides is 2.